The summed E-state index contributed by atoms with van der Waals surface area (Å²) in [5.41, 5.74) is 7.49. The fourth-order valence-corrected chi connectivity index (χ4v) is 3.96. The monoisotopic (exact) mass is 444 g/mol. The van der Waals surface area contributed by atoms with Crippen molar-refractivity contribution < 1.29 is 14.3 Å². The third-order valence-electron chi connectivity index (χ3n) is 4.36. The largest absolute Gasteiger partial charge is 0.488 e. The van der Waals surface area contributed by atoms with Crippen LogP contribution >= 0.6 is 23.5 Å². The van der Waals surface area contributed by atoms with E-state index in [4.69, 9.17) is 21.1 Å². The number of hydrogen-bond acceptors (Lipinski definition) is 6. The minimum Gasteiger partial charge on any atom is -0.488 e. The van der Waals surface area contributed by atoms with Crippen LogP contribution in [0, 0.1) is 0 Å². The zero-order chi connectivity index (χ0) is 21.5. The summed E-state index contributed by atoms with van der Waals surface area (Å²) >= 11 is 7.61. The third kappa shape index (κ3) is 6.29. The summed E-state index contributed by atoms with van der Waals surface area (Å²) in [6.45, 7) is 4.56. The summed E-state index contributed by atoms with van der Waals surface area (Å²) in [5, 5.41) is 0.712. The van der Waals surface area contributed by atoms with Crippen LogP contribution < -0.4 is 10.2 Å². The first-order valence-electron chi connectivity index (χ1n) is 9.67. The lowest BCUT2D eigenvalue weighted by molar-refractivity contribution is -0.137. The molecule has 7 heteroatoms. The SMILES string of the molecule is CCOC(=O)/C=C(\C)Cc1ccc(OCC2=C(c3ccc(Cl)cc3)NN(C)S2)cc1. The molecule has 2 aromatic carbocycles. The van der Waals surface area contributed by atoms with Gasteiger partial charge in [0.2, 0.25) is 0 Å². The lowest BCUT2D eigenvalue weighted by Gasteiger charge is -2.10. The molecule has 0 amide bonds. The van der Waals surface area contributed by atoms with E-state index in [1.54, 1.807) is 24.9 Å². The molecule has 5 nitrogen and oxygen atoms in total. The number of carbonyl (C=O) groups is 1. The molecular formula is C23H25ClN2O3S. The predicted molar refractivity (Wildman–Crippen MR) is 123 cm³/mol. The van der Waals surface area contributed by atoms with E-state index in [0.717, 1.165) is 33.1 Å². The molecule has 0 spiro atoms. The number of rotatable bonds is 8. The lowest BCUT2D eigenvalue weighted by Crippen LogP contribution is -2.21. The number of benzene rings is 2. The standard InChI is InChI=1S/C23H25ClN2O3S/c1-4-28-22(27)14-16(2)13-17-5-11-20(12-6-17)29-15-21-23(25-26(3)30-21)18-7-9-19(24)10-8-18/h5-12,14,25H,4,13,15H2,1-3H3/b16-14+. The van der Waals surface area contributed by atoms with Gasteiger partial charge in [0, 0.05) is 23.7 Å². The van der Waals surface area contributed by atoms with Gasteiger partial charge in [-0.3, -0.25) is 0 Å². The fraction of sp³-hybridized carbons (Fsp3) is 0.261. The van der Waals surface area contributed by atoms with Crippen LogP contribution in [0.1, 0.15) is 25.0 Å². The van der Waals surface area contributed by atoms with Crippen LogP contribution in [-0.2, 0) is 16.0 Å². The molecule has 3 rings (SSSR count). The molecule has 0 aromatic heterocycles. The van der Waals surface area contributed by atoms with Crippen LogP contribution in [0.3, 0.4) is 0 Å². The molecule has 0 unspecified atom stereocenters. The molecule has 0 saturated carbocycles. The van der Waals surface area contributed by atoms with Gasteiger partial charge in [-0.25, -0.2) is 4.79 Å². The van der Waals surface area contributed by atoms with Crippen molar-refractivity contribution in [2.45, 2.75) is 20.3 Å². The van der Waals surface area contributed by atoms with Crippen molar-refractivity contribution >= 4 is 35.2 Å². The average molecular weight is 445 g/mol. The molecule has 1 N–H and O–H groups in total. The van der Waals surface area contributed by atoms with Crippen LogP contribution in [-0.4, -0.2) is 30.6 Å². The van der Waals surface area contributed by atoms with Crippen molar-refractivity contribution in [3.05, 3.63) is 81.2 Å². The molecular weight excluding hydrogens is 420 g/mol. The summed E-state index contributed by atoms with van der Waals surface area (Å²) < 4.78 is 12.9. The quantitative estimate of drug-likeness (QED) is 0.341. The molecule has 0 fully saturated rings. The maximum atomic E-state index is 11.5. The summed E-state index contributed by atoms with van der Waals surface area (Å²) in [4.78, 5) is 12.6. The number of hydrazine groups is 1. The van der Waals surface area contributed by atoms with Gasteiger partial charge in [-0.1, -0.05) is 41.4 Å². The van der Waals surface area contributed by atoms with Gasteiger partial charge < -0.3 is 14.9 Å². The molecule has 0 radical (unpaired) electrons. The second-order valence-electron chi connectivity index (χ2n) is 6.86. The number of ether oxygens (including phenoxy) is 2. The Hall–Kier alpha value is -2.41. The molecule has 0 bridgehead atoms. The van der Waals surface area contributed by atoms with E-state index >= 15 is 0 Å². The average Bonchev–Trinajstić information content (AvgIpc) is 3.08. The Bertz CT molecular complexity index is 940. The van der Waals surface area contributed by atoms with Crippen molar-refractivity contribution in [1.29, 1.82) is 0 Å². The van der Waals surface area contributed by atoms with Crippen molar-refractivity contribution in [3.63, 3.8) is 0 Å². The van der Waals surface area contributed by atoms with Gasteiger partial charge in [-0.2, -0.15) is 4.41 Å². The van der Waals surface area contributed by atoms with Gasteiger partial charge in [-0.05, 0) is 62.0 Å². The zero-order valence-electron chi connectivity index (χ0n) is 17.3. The van der Waals surface area contributed by atoms with Crippen LogP contribution in [0.25, 0.3) is 5.70 Å². The fourth-order valence-electron chi connectivity index (χ4n) is 3.00. The Morgan fingerprint density at radius 2 is 1.87 bits per heavy atom. The Morgan fingerprint density at radius 1 is 1.17 bits per heavy atom. The smallest absolute Gasteiger partial charge is 0.330 e. The van der Waals surface area contributed by atoms with Crippen LogP contribution in [0.4, 0.5) is 0 Å². The second kappa shape index (κ2) is 10.6. The Balaban J connectivity index is 1.62. The highest BCUT2D eigenvalue weighted by molar-refractivity contribution is 8.01. The minimum atomic E-state index is -0.299. The van der Waals surface area contributed by atoms with Gasteiger partial charge in [0.25, 0.3) is 0 Å². The summed E-state index contributed by atoms with van der Waals surface area (Å²) in [5.74, 6) is 0.497. The van der Waals surface area contributed by atoms with Crippen LogP contribution in [0.15, 0.2) is 65.1 Å². The highest BCUT2D eigenvalue weighted by atomic mass is 35.5. The van der Waals surface area contributed by atoms with Crippen molar-refractivity contribution in [1.82, 2.24) is 9.84 Å². The first-order chi connectivity index (χ1) is 14.4. The number of nitrogens with one attached hydrogen (secondary N) is 1. The number of hydrogen-bond donors (Lipinski definition) is 1. The highest BCUT2D eigenvalue weighted by Crippen LogP contribution is 2.34. The van der Waals surface area contributed by atoms with Gasteiger partial charge >= 0.3 is 5.97 Å². The van der Waals surface area contributed by atoms with E-state index in [-0.39, 0.29) is 5.97 Å². The summed E-state index contributed by atoms with van der Waals surface area (Å²) in [7, 11) is 1.97. The molecule has 0 aliphatic carbocycles. The molecule has 30 heavy (non-hydrogen) atoms. The Morgan fingerprint density at radius 3 is 2.53 bits per heavy atom. The maximum absolute atomic E-state index is 11.5. The lowest BCUT2D eigenvalue weighted by atomic mass is 10.1. The van der Waals surface area contributed by atoms with Crippen molar-refractivity contribution in [3.8, 4) is 5.75 Å². The highest BCUT2D eigenvalue weighted by Gasteiger charge is 2.21. The maximum Gasteiger partial charge on any atom is 0.330 e. The van der Waals surface area contributed by atoms with Crippen molar-refractivity contribution in [2.75, 3.05) is 20.3 Å². The Labute approximate surface area is 186 Å². The van der Waals surface area contributed by atoms with Gasteiger partial charge in [0.1, 0.15) is 12.4 Å². The van der Waals surface area contributed by atoms with E-state index < -0.39 is 0 Å². The predicted octanol–water partition coefficient (Wildman–Crippen LogP) is 5.24. The molecule has 1 heterocycles. The van der Waals surface area contributed by atoms with E-state index in [2.05, 4.69) is 5.43 Å². The number of carbonyl (C=O) groups excluding carboxylic acids is 1. The van der Waals surface area contributed by atoms with Gasteiger partial charge in [-0.15, -0.1) is 0 Å². The Kier molecular flexibility index (Phi) is 7.85. The van der Waals surface area contributed by atoms with E-state index in [1.165, 1.54) is 0 Å². The number of halogens is 1. The van der Waals surface area contributed by atoms with E-state index in [1.807, 2.05) is 66.9 Å². The molecule has 0 atom stereocenters. The molecule has 2 aromatic rings. The van der Waals surface area contributed by atoms with Crippen LogP contribution in [0.5, 0.6) is 5.75 Å². The molecule has 1 aliphatic rings. The number of allylic oxidation sites excluding steroid dienone is 1. The summed E-state index contributed by atoms with van der Waals surface area (Å²) in [6, 6.07) is 15.7. The van der Waals surface area contributed by atoms with E-state index in [9.17, 15) is 4.79 Å². The van der Waals surface area contributed by atoms with Gasteiger partial charge in [0.05, 0.1) is 17.2 Å². The molecule has 0 saturated heterocycles. The van der Waals surface area contributed by atoms with Crippen LogP contribution in [0.2, 0.25) is 5.02 Å². The molecule has 158 valence electrons. The first-order valence-corrected chi connectivity index (χ1v) is 10.8. The third-order valence-corrected chi connectivity index (χ3v) is 5.51. The summed E-state index contributed by atoms with van der Waals surface area (Å²) in [6.07, 6.45) is 2.23. The second-order valence-corrected chi connectivity index (χ2v) is 8.52. The minimum absolute atomic E-state index is 0.299. The molecule has 1 aliphatic heterocycles. The zero-order valence-corrected chi connectivity index (χ0v) is 18.8. The number of nitrogens with zero attached hydrogens (tertiary/aromatic N) is 1. The first kappa shape index (κ1) is 22.3. The number of esters is 1. The van der Waals surface area contributed by atoms with E-state index in [0.29, 0.717) is 24.7 Å². The normalized spacial score (nSPS) is 14.6. The van der Waals surface area contributed by atoms with Crippen molar-refractivity contribution in [2.24, 2.45) is 0 Å². The van der Waals surface area contributed by atoms with Gasteiger partial charge in [0.15, 0.2) is 0 Å². The topological polar surface area (TPSA) is 50.8 Å².